The van der Waals surface area contributed by atoms with Crippen LogP contribution >= 0.6 is 0 Å². The molecule has 0 radical (unpaired) electrons. The zero-order chi connectivity index (χ0) is 17.4. The SMILES string of the molecule is CCN1C(=O)C(C)(C)COc2cc(C3(OC)CCCOC3)ccc21. The molecule has 2 aliphatic rings. The lowest BCUT2D eigenvalue weighted by Crippen LogP contribution is -2.42. The Hall–Kier alpha value is -1.59. The summed E-state index contributed by atoms with van der Waals surface area (Å²) in [6.45, 7) is 8.16. The molecule has 1 unspecified atom stereocenters. The molecule has 0 aromatic heterocycles. The van der Waals surface area contributed by atoms with Crippen molar-refractivity contribution in [2.24, 2.45) is 5.41 Å². The Morgan fingerprint density at radius 1 is 1.29 bits per heavy atom. The number of carbonyl (C=O) groups is 1. The number of benzene rings is 1. The lowest BCUT2D eigenvalue weighted by molar-refractivity contribution is -0.127. The number of methoxy groups -OCH3 is 1. The van der Waals surface area contributed by atoms with Crippen LogP contribution in [0.1, 0.15) is 39.2 Å². The minimum atomic E-state index is -0.540. The lowest BCUT2D eigenvalue weighted by Gasteiger charge is -2.36. The van der Waals surface area contributed by atoms with Gasteiger partial charge >= 0.3 is 0 Å². The number of ether oxygens (including phenoxy) is 3. The van der Waals surface area contributed by atoms with Gasteiger partial charge in [0.15, 0.2) is 0 Å². The molecule has 5 heteroatoms. The third-order valence-electron chi connectivity index (χ3n) is 5.10. The Balaban J connectivity index is 2.02. The largest absolute Gasteiger partial charge is 0.490 e. The highest BCUT2D eigenvalue weighted by Crippen LogP contribution is 2.41. The molecule has 132 valence electrons. The van der Waals surface area contributed by atoms with E-state index in [2.05, 4.69) is 0 Å². The van der Waals surface area contributed by atoms with E-state index in [-0.39, 0.29) is 5.91 Å². The van der Waals surface area contributed by atoms with Crippen LogP contribution in [0.2, 0.25) is 0 Å². The molecule has 1 amide bonds. The van der Waals surface area contributed by atoms with Crippen LogP contribution in [0.3, 0.4) is 0 Å². The second-order valence-corrected chi connectivity index (χ2v) is 7.26. The van der Waals surface area contributed by atoms with Gasteiger partial charge in [-0.25, -0.2) is 0 Å². The molecule has 2 heterocycles. The summed E-state index contributed by atoms with van der Waals surface area (Å²) >= 11 is 0. The Morgan fingerprint density at radius 2 is 2.08 bits per heavy atom. The molecular formula is C19H27NO4. The topological polar surface area (TPSA) is 48.0 Å². The van der Waals surface area contributed by atoms with Gasteiger partial charge in [0.05, 0.1) is 17.7 Å². The molecule has 1 fully saturated rings. The first-order valence-electron chi connectivity index (χ1n) is 8.66. The number of carbonyl (C=O) groups excluding carboxylic acids is 1. The molecule has 1 aromatic carbocycles. The van der Waals surface area contributed by atoms with Gasteiger partial charge in [-0.3, -0.25) is 4.79 Å². The first kappa shape index (κ1) is 17.2. The van der Waals surface area contributed by atoms with Crippen LogP contribution < -0.4 is 9.64 Å². The molecular weight excluding hydrogens is 306 g/mol. The molecule has 3 rings (SSSR count). The predicted molar refractivity (Wildman–Crippen MR) is 92.5 cm³/mol. The fraction of sp³-hybridized carbons (Fsp3) is 0.632. The molecule has 24 heavy (non-hydrogen) atoms. The minimum Gasteiger partial charge on any atom is -0.490 e. The maximum atomic E-state index is 12.8. The van der Waals surface area contributed by atoms with E-state index in [9.17, 15) is 4.79 Å². The van der Waals surface area contributed by atoms with Gasteiger partial charge in [0.25, 0.3) is 0 Å². The van der Waals surface area contributed by atoms with Crippen LogP contribution in [0.4, 0.5) is 5.69 Å². The molecule has 0 saturated carbocycles. The zero-order valence-electron chi connectivity index (χ0n) is 15.1. The summed E-state index contributed by atoms with van der Waals surface area (Å²) < 4.78 is 17.5. The number of rotatable bonds is 3. The second kappa shape index (κ2) is 6.37. The lowest BCUT2D eigenvalue weighted by atomic mass is 9.87. The average molecular weight is 333 g/mol. The van der Waals surface area contributed by atoms with E-state index in [0.717, 1.165) is 36.4 Å². The van der Waals surface area contributed by atoms with Crippen molar-refractivity contribution in [3.8, 4) is 5.75 Å². The third kappa shape index (κ3) is 2.80. The van der Waals surface area contributed by atoms with Crippen LogP contribution in [0.5, 0.6) is 5.75 Å². The van der Waals surface area contributed by atoms with E-state index in [4.69, 9.17) is 14.2 Å². The normalized spacial score (nSPS) is 26.5. The van der Waals surface area contributed by atoms with Crippen LogP contribution in [0.25, 0.3) is 0 Å². The van der Waals surface area contributed by atoms with Crippen molar-refractivity contribution in [2.75, 3.05) is 38.4 Å². The Bertz CT molecular complexity index is 620. The van der Waals surface area contributed by atoms with Crippen LogP contribution in [-0.2, 0) is 19.9 Å². The van der Waals surface area contributed by atoms with Crippen LogP contribution in [-0.4, -0.2) is 39.4 Å². The maximum absolute atomic E-state index is 12.8. The standard InChI is InChI=1S/C19H27NO4/c1-5-20-15-8-7-14(19(22-4)9-6-10-23-13-19)11-16(15)24-12-18(2,3)17(20)21/h7-8,11H,5-6,9-10,12-13H2,1-4H3. The quantitative estimate of drug-likeness (QED) is 0.853. The van der Waals surface area contributed by atoms with Gasteiger partial charge in [-0.05, 0) is 51.3 Å². The van der Waals surface area contributed by atoms with Crippen LogP contribution in [0.15, 0.2) is 18.2 Å². The van der Waals surface area contributed by atoms with Crippen molar-refractivity contribution in [1.82, 2.24) is 0 Å². The molecule has 2 aliphatic heterocycles. The Morgan fingerprint density at radius 3 is 2.71 bits per heavy atom. The van der Waals surface area contributed by atoms with Crippen LogP contribution in [0, 0.1) is 5.41 Å². The molecule has 0 N–H and O–H groups in total. The summed E-state index contributed by atoms with van der Waals surface area (Å²) in [7, 11) is 1.73. The number of hydrogen-bond acceptors (Lipinski definition) is 4. The number of hydrogen-bond donors (Lipinski definition) is 0. The predicted octanol–water partition coefficient (Wildman–Crippen LogP) is 3.11. The molecule has 0 spiro atoms. The molecule has 1 saturated heterocycles. The summed E-state index contributed by atoms with van der Waals surface area (Å²) in [5, 5.41) is 0. The molecule has 5 nitrogen and oxygen atoms in total. The van der Waals surface area contributed by atoms with Crippen molar-refractivity contribution >= 4 is 11.6 Å². The fourth-order valence-electron chi connectivity index (χ4n) is 3.52. The highest BCUT2D eigenvalue weighted by Gasteiger charge is 2.39. The fourth-order valence-corrected chi connectivity index (χ4v) is 3.52. The second-order valence-electron chi connectivity index (χ2n) is 7.26. The summed E-state index contributed by atoms with van der Waals surface area (Å²) in [5.74, 6) is 0.842. The van der Waals surface area contributed by atoms with E-state index >= 15 is 0 Å². The van der Waals surface area contributed by atoms with E-state index in [1.807, 2.05) is 43.9 Å². The summed E-state index contributed by atoms with van der Waals surface area (Å²) in [4.78, 5) is 14.6. The number of anilines is 1. The first-order chi connectivity index (χ1) is 11.4. The minimum absolute atomic E-state index is 0.0963. The third-order valence-corrected chi connectivity index (χ3v) is 5.10. The Kier molecular flexibility index (Phi) is 4.58. The summed E-state index contributed by atoms with van der Waals surface area (Å²) in [5.41, 5.74) is 0.910. The van der Waals surface area contributed by atoms with Gasteiger partial charge in [0, 0.05) is 20.3 Å². The molecule has 0 bridgehead atoms. The summed E-state index contributed by atoms with van der Waals surface area (Å²) in [6, 6.07) is 6.03. The van der Waals surface area contributed by atoms with Crippen molar-refractivity contribution in [3.63, 3.8) is 0 Å². The monoisotopic (exact) mass is 333 g/mol. The smallest absolute Gasteiger partial charge is 0.236 e. The van der Waals surface area contributed by atoms with Crippen molar-refractivity contribution in [2.45, 2.75) is 39.2 Å². The number of nitrogens with zero attached hydrogens (tertiary/aromatic N) is 1. The zero-order valence-corrected chi connectivity index (χ0v) is 15.1. The average Bonchev–Trinajstić information content (AvgIpc) is 2.70. The van der Waals surface area contributed by atoms with E-state index in [0.29, 0.717) is 19.8 Å². The van der Waals surface area contributed by atoms with Gasteiger partial charge < -0.3 is 19.1 Å². The van der Waals surface area contributed by atoms with Crippen molar-refractivity contribution < 1.29 is 19.0 Å². The summed E-state index contributed by atoms with van der Waals surface area (Å²) in [6.07, 6.45) is 1.89. The molecule has 1 aromatic rings. The molecule has 0 aliphatic carbocycles. The van der Waals surface area contributed by atoms with E-state index in [1.165, 1.54) is 0 Å². The van der Waals surface area contributed by atoms with Crippen molar-refractivity contribution in [1.29, 1.82) is 0 Å². The van der Waals surface area contributed by atoms with E-state index < -0.39 is 11.0 Å². The first-order valence-corrected chi connectivity index (χ1v) is 8.66. The van der Waals surface area contributed by atoms with Gasteiger partial charge in [-0.2, -0.15) is 0 Å². The Labute approximate surface area is 143 Å². The van der Waals surface area contributed by atoms with Gasteiger partial charge in [-0.1, -0.05) is 6.07 Å². The van der Waals surface area contributed by atoms with E-state index in [1.54, 1.807) is 7.11 Å². The number of fused-ring (bicyclic) bond motifs is 1. The highest BCUT2D eigenvalue weighted by atomic mass is 16.5. The van der Waals surface area contributed by atoms with Gasteiger partial charge in [-0.15, -0.1) is 0 Å². The molecule has 1 atom stereocenters. The maximum Gasteiger partial charge on any atom is 0.236 e. The van der Waals surface area contributed by atoms with Gasteiger partial charge in [0.2, 0.25) is 5.91 Å². The van der Waals surface area contributed by atoms with Crippen molar-refractivity contribution in [3.05, 3.63) is 23.8 Å². The highest BCUT2D eigenvalue weighted by molar-refractivity contribution is 5.99. The number of amides is 1. The van der Waals surface area contributed by atoms with Gasteiger partial charge in [0.1, 0.15) is 18.0 Å².